The first-order chi connectivity index (χ1) is 12.8. The summed E-state index contributed by atoms with van der Waals surface area (Å²) in [5, 5.41) is 0. The number of aryl methyl sites for hydroxylation is 2. The van der Waals surface area contributed by atoms with Crippen LogP contribution in [0.4, 0.5) is 0 Å². The van der Waals surface area contributed by atoms with Gasteiger partial charge in [0.1, 0.15) is 0 Å². The lowest BCUT2D eigenvalue weighted by molar-refractivity contribution is -0.896. The molecule has 0 spiro atoms. The van der Waals surface area contributed by atoms with E-state index in [2.05, 4.69) is 6.92 Å². The second kappa shape index (κ2) is 8.29. The molecule has 2 heterocycles. The quantitative estimate of drug-likeness (QED) is 0.807. The number of amides is 1. The van der Waals surface area contributed by atoms with Gasteiger partial charge in [0, 0.05) is 13.1 Å². The fourth-order valence-corrected chi connectivity index (χ4v) is 5.84. The maximum absolute atomic E-state index is 13.0. The molecule has 2 fully saturated rings. The van der Waals surface area contributed by atoms with Crippen molar-refractivity contribution in [2.45, 2.75) is 38.5 Å². The minimum atomic E-state index is -3.47. The van der Waals surface area contributed by atoms with Crippen LogP contribution < -0.4 is 4.90 Å². The summed E-state index contributed by atoms with van der Waals surface area (Å²) in [6, 6.07) is 5.55. The summed E-state index contributed by atoms with van der Waals surface area (Å²) < 4.78 is 27.6. The highest BCUT2D eigenvalue weighted by atomic mass is 32.2. The smallest absolute Gasteiger partial charge is 0.277 e. The van der Waals surface area contributed by atoms with Gasteiger partial charge in [-0.05, 0) is 49.8 Å². The van der Waals surface area contributed by atoms with Crippen LogP contribution in [0.2, 0.25) is 0 Å². The van der Waals surface area contributed by atoms with E-state index in [0.29, 0.717) is 43.5 Å². The van der Waals surface area contributed by atoms with Gasteiger partial charge < -0.3 is 9.80 Å². The number of carbonyl (C=O) groups is 1. The van der Waals surface area contributed by atoms with Crippen LogP contribution in [0.3, 0.4) is 0 Å². The topological polar surface area (TPSA) is 62.1 Å². The molecule has 2 aliphatic rings. The maximum atomic E-state index is 13.0. The highest BCUT2D eigenvalue weighted by Crippen LogP contribution is 2.21. The van der Waals surface area contributed by atoms with E-state index in [9.17, 15) is 13.2 Å². The molecule has 1 N–H and O–H groups in total. The Bertz CT molecular complexity index is 786. The number of sulfonamides is 1. The van der Waals surface area contributed by atoms with E-state index >= 15 is 0 Å². The summed E-state index contributed by atoms with van der Waals surface area (Å²) in [5.41, 5.74) is 1.73. The number of piperidine rings is 1. The third-order valence-corrected chi connectivity index (χ3v) is 7.84. The van der Waals surface area contributed by atoms with Crippen LogP contribution in [0.5, 0.6) is 0 Å². The Labute approximate surface area is 163 Å². The standard InChI is InChI=1S/C20H31N3O3S/c1-16-6-7-18(3)19(13-16)27(25,26)23-11-9-21(10-12-23)15-20(24)22-8-4-5-17(2)14-22/h6-7,13,17H,4-5,8-12,14-15H2,1-3H3/p+1/t17-/m1/s1. The van der Waals surface area contributed by atoms with Crippen molar-refractivity contribution in [3.8, 4) is 0 Å². The SMILES string of the molecule is Cc1ccc(C)c(S(=O)(=O)N2CC[NH+](CC(=O)N3CCC[C@@H](C)C3)CC2)c1. The summed E-state index contributed by atoms with van der Waals surface area (Å²) in [6.45, 7) is 10.4. The largest absolute Gasteiger partial charge is 0.338 e. The van der Waals surface area contributed by atoms with E-state index in [4.69, 9.17) is 0 Å². The maximum Gasteiger partial charge on any atom is 0.277 e. The zero-order valence-electron chi connectivity index (χ0n) is 16.7. The molecule has 1 amide bonds. The van der Waals surface area contributed by atoms with Gasteiger partial charge in [0.25, 0.3) is 5.91 Å². The van der Waals surface area contributed by atoms with Crippen molar-refractivity contribution in [1.82, 2.24) is 9.21 Å². The average molecular weight is 395 g/mol. The number of nitrogens with zero attached hydrogens (tertiary/aromatic N) is 2. The Hall–Kier alpha value is -1.44. The van der Waals surface area contributed by atoms with Gasteiger partial charge in [0.15, 0.2) is 6.54 Å². The van der Waals surface area contributed by atoms with Gasteiger partial charge in [-0.25, -0.2) is 8.42 Å². The van der Waals surface area contributed by atoms with Gasteiger partial charge in [-0.15, -0.1) is 0 Å². The normalized spacial score (nSPS) is 22.8. The number of likely N-dealkylation sites (tertiary alicyclic amines) is 1. The Balaban J connectivity index is 1.58. The highest BCUT2D eigenvalue weighted by molar-refractivity contribution is 7.89. The molecular formula is C20H32N3O3S+. The van der Waals surface area contributed by atoms with E-state index in [1.54, 1.807) is 10.4 Å². The van der Waals surface area contributed by atoms with E-state index < -0.39 is 10.0 Å². The lowest BCUT2D eigenvalue weighted by Gasteiger charge is -2.34. The van der Waals surface area contributed by atoms with E-state index in [-0.39, 0.29) is 5.91 Å². The molecule has 1 aromatic rings. The third-order valence-electron chi connectivity index (χ3n) is 5.80. The summed E-state index contributed by atoms with van der Waals surface area (Å²) in [4.78, 5) is 16.1. The first kappa shape index (κ1) is 20.3. The molecule has 0 radical (unpaired) electrons. The summed E-state index contributed by atoms with van der Waals surface area (Å²) >= 11 is 0. The molecule has 0 bridgehead atoms. The zero-order chi connectivity index (χ0) is 19.6. The Morgan fingerprint density at radius 1 is 1.19 bits per heavy atom. The van der Waals surface area contributed by atoms with Gasteiger partial charge in [0.2, 0.25) is 10.0 Å². The molecule has 2 saturated heterocycles. The molecule has 0 aromatic heterocycles. The van der Waals surface area contributed by atoms with Crippen LogP contribution in [0.15, 0.2) is 23.1 Å². The molecule has 6 nitrogen and oxygen atoms in total. The molecule has 0 unspecified atom stereocenters. The molecular weight excluding hydrogens is 362 g/mol. The van der Waals surface area contributed by atoms with Crippen LogP contribution in [-0.2, 0) is 14.8 Å². The molecule has 1 aromatic carbocycles. The van der Waals surface area contributed by atoms with Crippen LogP contribution >= 0.6 is 0 Å². The predicted octanol–water partition coefficient (Wildman–Crippen LogP) is 0.451. The van der Waals surface area contributed by atoms with Crippen molar-refractivity contribution in [2.24, 2.45) is 5.92 Å². The highest BCUT2D eigenvalue weighted by Gasteiger charge is 2.33. The Morgan fingerprint density at radius 3 is 2.56 bits per heavy atom. The number of nitrogens with one attached hydrogen (secondary N) is 1. The summed E-state index contributed by atoms with van der Waals surface area (Å²) in [5.74, 6) is 0.791. The van der Waals surface area contributed by atoms with Gasteiger partial charge in [0.05, 0.1) is 31.1 Å². The van der Waals surface area contributed by atoms with Crippen LogP contribution in [0.1, 0.15) is 30.9 Å². The molecule has 27 heavy (non-hydrogen) atoms. The number of quaternary nitrogens is 1. The van der Waals surface area contributed by atoms with E-state index in [1.165, 1.54) is 11.3 Å². The third kappa shape index (κ3) is 4.70. The minimum Gasteiger partial charge on any atom is -0.338 e. The summed E-state index contributed by atoms with van der Waals surface area (Å²) in [6.07, 6.45) is 2.29. The van der Waals surface area contributed by atoms with Crippen LogP contribution in [0, 0.1) is 19.8 Å². The van der Waals surface area contributed by atoms with Crippen molar-refractivity contribution in [1.29, 1.82) is 0 Å². The fraction of sp³-hybridized carbons (Fsp3) is 0.650. The average Bonchev–Trinajstić information content (AvgIpc) is 2.64. The first-order valence-corrected chi connectivity index (χ1v) is 11.4. The second-order valence-corrected chi connectivity index (χ2v) is 10.1. The number of carbonyl (C=O) groups excluding carboxylic acids is 1. The molecule has 2 aliphatic heterocycles. The van der Waals surface area contributed by atoms with Crippen molar-refractivity contribution in [3.63, 3.8) is 0 Å². The van der Waals surface area contributed by atoms with Gasteiger partial charge >= 0.3 is 0 Å². The minimum absolute atomic E-state index is 0.211. The lowest BCUT2D eigenvalue weighted by Crippen LogP contribution is -3.15. The number of hydrogen-bond acceptors (Lipinski definition) is 3. The van der Waals surface area contributed by atoms with E-state index in [0.717, 1.165) is 30.6 Å². The molecule has 0 aliphatic carbocycles. The number of hydrogen-bond donors (Lipinski definition) is 1. The molecule has 1 atom stereocenters. The molecule has 3 rings (SSSR count). The number of benzene rings is 1. The van der Waals surface area contributed by atoms with Gasteiger partial charge in [-0.3, -0.25) is 4.79 Å². The zero-order valence-corrected chi connectivity index (χ0v) is 17.5. The van der Waals surface area contributed by atoms with Crippen LogP contribution in [-0.4, -0.2) is 69.3 Å². The van der Waals surface area contributed by atoms with Gasteiger partial charge in [-0.2, -0.15) is 4.31 Å². The molecule has 7 heteroatoms. The lowest BCUT2D eigenvalue weighted by atomic mass is 10.0. The summed E-state index contributed by atoms with van der Waals surface area (Å²) in [7, 11) is -3.47. The predicted molar refractivity (Wildman–Crippen MR) is 105 cm³/mol. The van der Waals surface area contributed by atoms with E-state index in [1.807, 2.05) is 30.9 Å². The Morgan fingerprint density at radius 2 is 1.89 bits per heavy atom. The monoisotopic (exact) mass is 394 g/mol. The van der Waals surface area contributed by atoms with Crippen LogP contribution in [0.25, 0.3) is 0 Å². The second-order valence-electron chi connectivity index (χ2n) is 8.19. The number of piperazine rings is 1. The fourth-order valence-electron chi connectivity index (χ4n) is 4.09. The van der Waals surface area contributed by atoms with Crippen molar-refractivity contribution in [2.75, 3.05) is 45.8 Å². The van der Waals surface area contributed by atoms with Gasteiger partial charge in [-0.1, -0.05) is 19.1 Å². The van der Waals surface area contributed by atoms with Crippen molar-refractivity contribution in [3.05, 3.63) is 29.3 Å². The Kier molecular flexibility index (Phi) is 6.23. The van der Waals surface area contributed by atoms with Crippen molar-refractivity contribution < 1.29 is 18.1 Å². The molecule has 0 saturated carbocycles. The first-order valence-electron chi connectivity index (χ1n) is 9.96. The molecule has 150 valence electrons. The van der Waals surface area contributed by atoms with Crippen molar-refractivity contribution >= 4 is 15.9 Å². The number of rotatable bonds is 4.